The molecule has 0 radical (unpaired) electrons. The first kappa shape index (κ1) is 9.80. The fourth-order valence-electron chi connectivity index (χ4n) is 0.917. The van der Waals surface area contributed by atoms with E-state index in [2.05, 4.69) is 9.72 Å². The molecule has 3 N–H and O–H groups in total. The number of rotatable bonds is 1. The van der Waals surface area contributed by atoms with E-state index in [1.54, 1.807) is 6.07 Å². The van der Waals surface area contributed by atoms with Crippen LogP contribution in [-0.4, -0.2) is 18.1 Å². The van der Waals surface area contributed by atoms with Crippen LogP contribution < -0.4 is 11.2 Å². The van der Waals surface area contributed by atoms with Crippen molar-refractivity contribution in [2.24, 2.45) is 0 Å². The second kappa shape index (κ2) is 3.62. The predicted octanol–water partition coefficient (Wildman–Crippen LogP) is -0.385. The second-order valence-corrected chi connectivity index (χ2v) is 2.42. The van der Waals surface area contributed by atoms with Crippen LogP contribution in [-0.2, 0) is 4.74 Å². The van der Waals surface area contributed by atoms with Crippen LogP contribution in [0.5, 0.6) is 0 Å². The molecule has 0 aromatic carbocycles. The van der Waals surface area contributed by atoms with Crippen molar-refractivity contribution < 1.29 is 9.53 Å². The fraction of sp³-hybridized carbons (Fsp3) is 0.125. The van der Waals surface area contributed by atoms with Crippen molar-refractivity contribution in [2.75, 3.05) is 12.8 Å². The SMILES string of the molecule is COC(=O)c1c[nH]c(N)c(C#N)c1=O. The van der Waals surface area contributed by atoms with E-state index in [9.17, 15) is 9.59 Å². The third kappa shape index (κ3) is 1.43. The average molecular weight is 193 g/mol. The number of ether oxygens (including phenoxy) is 1. The molecule has 1 heterocycles. The highest BCUT2D eigenvalue weighted by Gasteiger charge is 2.15. The van der Waals surface area contributed by atoms with Gasteiger partial charge in [-0.3, -0.25) is 4.79 Å². The number of pyridine rings is 1. The number of esters is 1. The molecule has 0 atom stereocenters. The normalized spacial score (nSPS) is 9.14. The van der Waals surface area contributed by atoms with Crippen LogP contribution in [0, 0.1) is 11.3 Å². The maximum atomic E-state index is 11.4. The van der Waals surface area contributed by atoms with Gasteiger partial charge in [-0.15, -0.1) is 0 Å². The van der Waals surface area contributed by atoms with Gasteiger partial charge >= 0.3 is 5.97 Å². The smallest absolute Gasteiger partial charge is 0.343 e. The lowest BCUT2D eigenvalue weighted by atomic mass is 10.2. The molecule has 6 heteroatoms. The van der Waals surface area contributed by atoms with Gasteiger partial charge in [-0.1, -0.05) is 0 Å². The van der Waals surface area contributed by atoms with Gasteiger partial charge in [-0.05, 0) is 0 Å². The van der Waals surface area contributed by atoms with Crippen molar-refractivity contribution >= 4 is 11.8 Å². The maximum absolute atomic E-state index is 11.4. The van der Waals surface area contributed by atoms with Gasteiger partial charge in [0.15, 0.2) is 0 Å². The third-order valence-electron chi connectivity index (χ3n) is 1.63. The number of nitrogens with one attached hydrogen (secondary N) is 1. The maximum Gasteiger partial charge on any atom is 0.343 e. The molecule has 72 valence electrons. The number of carbonyl (C=O) groups is 1. The molecule has 0 aliphatic heterocycles. The fourth-order valence-corrected chi connectivity index (χ4v) is 0.917. The van der Waals surface area contributed by atoms with E-state index < -0.39 is 11.4 Å². The van der Waals surface area contributed by atoms with Crippen molar-refractivity contribution in [1.29, 1.82) is 5.26 Å². The molecule has 1 aromatic heterocycles. The minimum atomic E-state index is -0.803. The van der Waals surface area contributed by atoms with Crippen molar-refractivity contribution in [3.63, 3.8) is 0 Å². The Bertz CT molecular complexity index is 470. The first-order chi connectivity index (χ1) is 6.61. The van der Waals surface area contributed by atoms with Gasteiger partial charge in [0, 0.05) is 6.20 Å². The highest BCUT2D eigenvalue weighted by Crippen LogP contribution is 2.02. The monoisotopic (exact) mass is 193 g/mol. The molecular weight excluding hydrogens is 186 g/mol. The summed E-state index contributed by atoms with van der Waals surface area (Å²) in [7, 11) is 1.14. The topological polar surface area (TPSA) is 109 Å². The number of aromatic nitrogens is 1. The summed E-state index contributed by atoms with van der Waals surface area (Å²) in [6.07, 6.45) is 1.12. The Hall–Kier alpha value is -2.29. The Morgan fingerprint density at radius 1 is 1.71 bits per heavy atom. The summed E-state index contributed by atoms with van der Waals surface area (Å²) < 4.78 is 4.35. The number of hydrogen-bond donors (Lipinski definition) is 2. The summed E-state index contributed by atoms with van der Waals surface area (Å²) in [6, 6.07) is 1.61. The summed E-state index contributed by atoms with van der Waals surface area (Å²) in [5, 5.41) is 8.58. The Balaban J connectivity index is 3.46. The van der Waals surface area contributed by atoms with Crippen molar-refractivity contribution in [3.05, 3.63) is 27.5 Å². The zero-order chi connectivity index (χ0) is 10.7. The summed E-state index contributed by atoms with van der Waals surface area (Å²) >= 11 is 0. The van der Waals surface area contributed by atoms with Gasteiger partial charge in [-0.2, -0.15) is 5.26 Å². The van der Waals surface area contributed by atoms with Crippen molar-refractivity contribution in [2.45, 2.75) is 0 Å². The number of nitrogens with two attached hydrogens (primary N) is 1. The number of aromatic amines is 1. The molecule has 0 unspecified atom stereocenters. The van der Waals surface area contributed by atoms with Gasteiger partial charge in [0.2, 0.25) is 5.43 Å². The zero-order valence-electron chi connectivity index (χ0n) is 7.33. The highest BCUT2D eigenvalue weighted by molar-refractivity contribution is 5.89. The lowest BCUT2D eigenvalue weighted by Crippen LogP contribution is -2.20. The standard InChI is InChI=1S/C8H7N3O3/c1-14-8(13)5-3-11-7(10)4(2-9)6(5)12/h3H,1H3,(H3,10,11,12). The van der Waals surface area contributed by atoms with Gasteiger partial charge in [0.1, 0.15) is 23.0 Å². The molecule has 0 saturated carbocycles. The van der Waals surface area contributed by atoms with E-state index in [1.807, 2.05) is 0 Å². The summed E-state index contributed by atoms with van der Waals surface area (Å²) in [5.74, 6) is -0.868. The Labute approximate surface area is 78.9 Å². The highest BCUT2D eigenvalue weighted by atomic mass is 16.5. The zero-order valence-corrected chi connectivity index (χ0v) is 7.33. The summed E-state index contributed by atoms with van der Waals surface area (Å²) in [6.45, 7) is 0. The molecule has 0 aliphatic carbocycles. The number of nitrogens with zero attached hydrogens (tertiary/aromatic N) is 1. The lowest BCUT2D eigenvalue weighted by Gasteiger charge is -2.00. The first-order valence-corrected chi connectivity index (χ1v) is 3.61. The van der Waals surface area contributed by atoms with Gasteiger partial charge in [-0.25, -0.2) is 4.79 Å². The van der Waals surface area contributed by atoms with E-state index in [-0.39, 0.29) is 16.9 Å². The Kier molecular flexibility index (Phi) is 2.53. The van der Waals surface area contributed by atoms with E-state index in [4.69, 9.17) is 11.0 Å². The molecule has 0 fully saturated rings. The molecule has 0 amide bonds. The number of anilines is 1. The van der Waals surface area contributed by atoms with E-state index in [0.29, 0.717) is 0 Å². The first-order valence-electron chi connectivity index (χ1n) is 3.61. The van der Waals surface area contributed by atoms with E-state index >= 15 is 0 Å². The van der Waals surface area contributed by atoms with E-state index in [0.717, 1.165) is 13.3 Å². The lowest BCUT2D eigenvalue weighted by molar-refractivity contribution is 0.0599. The summed E-state index contributed by atoms with van der Waals surface area (Å²) in [4.78, 5) is 24.8. The number of hydrogen-bond acceptors (Lipinski definition) is 5. The number of H-pyrrole nitrogens is 1. The quantitative estimate of drug-likeness (QED) is 0.590. The molecule has 0 bridgehead atoms. The Morgan fingerprint density at radius 2 is 2.36 bits per heavy atom. The van der Waals surface area contributed by atoms with Crippen LogP contribution in [0.4, 0.5) is 5.82 Å². The third-order valence-corrected chi connectivity index (χ3v) is 1.63. The summed E-state index contributed by atoms with van der Waals surface area (Å²) in [5.41, 5.74) is 4.06. The van der Waals surface area contributed by atoms with Gasteiger partial charge in [0.05, 0.1) is 7.11 Å². The van der Waals surface area contributed by atoms with Crippen LogP contribution in [0.25, 0.3) is 0 Å². The molecular formula is C8H7N3O3. The number of nitrogen functional groups attached to an aromatic ring is 1. The van der Waals surface area contributed by atoms with Crippen molar-refractivity contribution in [1.82, 2.24) is 4.98 Å². The predicted molar refractivity (Wildman–Crippen MR) is 47.5 cm³/mol. The Morgan fingerprint density at radius 3 is 2.86 bits per heavy atom. The largest absolute Gasteiger partial charge is 0.465 e. The molecule has 14 heavy (non-hydrogen) atoms. The number of methoxy groups -OCH3 is 1. The van der Waals surface area contributed by atoms with Crippen LogP contribution >= 0.6 is 0 Å². The minimum absolute atomic E-state index is 0.0647. The molecule has 0 saturated heterocycles. The molecule has 1 aromatic rings. The number of nitriles is 1. The molecule has 1 rings (SSSR count). The average Bonchev–Trinajstić information content (AvgIpc) is 2.18. The van der Waals surface area contributed by atoms with Crippen LogP contribution in [0.15, 0.2) is 11.0 Å². The molecule has 6 nitrogen and oxygen atoms in total. The van der Waals surface area contributed by atoms with Crippen LogP contribution in [0.2, 0.25) is 0 Å². The van der Waals surface area contributed by atoms with Crippen LogP contribution in [0.1, 0.15) is 15.9 Å². The minimum Gasteiger partial charge on any atom is -0.465 e. The number of carbonyl (C=O) groups excluding carboxylic acids is 1. The van der Waals surface area contributed by atoms with Gasteiger partial charge < -0.3 is 15.5 Å². The van der Waals surface area contributed by atoms with Gasteiger partial charge in [0.25, 0.3) is 0 Å². The molecule has 0 spiro atoms. The second-order valence-electron chi connectivity index (χ2n) is 2.42. The van der Waals surface area contributed by atoms with Crippen molar-refractivity contribution in [3.8, 4) is 6.07 Å². The molecule has 0 aliphatic rings. The van der Waals surface area contributed by atoms with E-state index in [1.165, 1.54) is 0 Å². The van der Waals surface area contributed by atoms with Crippen LogP contribution in [0.3, 0.4) is 0 Å².